The van der Waals surface area contributed by atoms with E-state index in [2.05, 4.69) is 40.2 Å². The van der Waals surface area contributed by atoms with Gasteiger partial charge in [-0.1, -0.05) is 48.5 Å². The van der Waals surface area contributed by atoms with Crippen LogP contribution in [0.5, 0.6) is 0 Å². The summed E-state index contributed by atoms with van der Waals surface area (Å²) in [6.07, 6.45) is 0.0719. The number of nitrogens with one attached hydrogen (secondary N) is 3. The molecule has 2 atom stereocenters. The van der Waals surface area contributed by atoms with Crippen molar-refractivity contribution in [2.24, 2.45) is 11.8 Å². The highest BCUT2D eigenvalue weighted by Gasteiger charge is 2.43. The first-order valence-electron chi connectivity index (χ1n) is 10.8. The summed E-state index contributed by atoms with van der Waals surface area (Å²) in [6.45, 7) is -0.250. The van der Waals surface area contributed by atoms with E-state index in [-0.39, 0.29) is 36.8 Å². The van der Waals surface area contributed by atoms with E-state index in [4.69, 9.17) is 9.84 Å². The lowest BCUT2D eigenvalue weighted by molar-refractivity contribution is -0.137. The average Bonchev–Trinajstić information content (AvgIpc) is 3.53. The molecule has 172 valence electrons. The Morgan fingerprint density at radius 1 is 0.879 bits per heavy atom. The number of carbonyl (C=O) groups excluding carboxylic acids is 3. The lowest BCUT2D eigenvalue weighted by Gasteiger charge is -2.14. The molecule has 3 amide bonds. The summed E-state index contributed by atoms with van der Waals surface area (Å²) in [5.41, 5.74) is 4.59. The molecule has 2 aromatic carbocycles. The summed E-state index contributed by atoms with van der Waals surface area (Å²) in [6, 6.07) is 16.2. The maximum absolute atomic E-state index is 12.2. The summed E-state index contributed by atoms with van der Waals surface area (Å²) >= 11 is 0. The number of amides is 3. The van der Waals surface area contributed by atoms with Gasteiger partial charge in [-0.25, -0.2) is 4.79 Å². The van der Waals surface area contributed by atoms with Crippen molar-refractivity contribution in [1.29, 1.82) is 0 Å². The topological polar surface area (TPSA) is 134 Å². The summed E-state index contributed by atoms with van der Waals surface area (Å²) in [7, 11) is 0. The van der Waals surface area contributed by atoms with Gasteiger partial charge in [0.15, 0.2) is 0 Å². The number of carboxylic acid groups (broad SMARTS) is 1. The first-order valence-corrected chi connectivity index (χ1v) is 10.8. The van der Waals surface area contributed by atoms with Crippen LogP contribution in [-0.2, 0) is 19.1 Å². The molecule has 0 aromatic heterocycles. The van der Waals surface area contributed by atoms with Crippen molar-refractivity contribution < 1.29 is 29.0 Å². The normalized spacial score (nSPS) is 17.9. The minimum Gasteiger partial charge on any atom is -0.480 e. The molecule has 4 rings (SSSR count). The summed E-state index contributed by atoms with van der Waals surface area (Å²) < 4.78 is 5.49. The van der Waals surface area contributed by atoms with Crippen LogP contribution in [0.4, 0.5) is 4.79 Å². The van der Waals surface area contributed by atoms with Crippen molar-refractivity contribution in [2.45, 2.75) is 12.3 Å². The molecule has 2 aromatic rings. The zero-order valence-corrected chi connectivity index (χ0v) is 17.9. The van der Waals surface area contributed by atoms with Crippen LogP contribution in [0.25, 0.3) is 11.1 Å². The zero-order valence-electron chi connectivity index (χ0n) is 17.9. The highest BCUT2D eigenvalue weighted by atomic mass is 16.5. The quantitative estimate of drug-likeness (QED) is 0.456. The van der Waals surface area contributed by atoms with Crippen molar-refractivity contribution in [3.8, 4) is 11.1 Å². The number of hydrogen-bond donors (Lipinski definition) is 4. The summed E-state index contributed by atoms with van der Waals surface area (Å²) in [4.78, 5) is 46.2. The molecule has 0 bridgehead atoms. The number of ether oxygens (including phenoxy) is 1. The molecule has 9 heteroatoms. The van der Waals surface area contributed by atoms with Gasteiger partial charge in [-0.15, -0.1) is 0 Å². The molecule has 1 fully saturated rings. The molecular formula is C24H25N3O6. The van der Waals surface area contributed by atoms with Crippen LogP contribution in [0.1, 0.15) is 23.5 Å². The number of aliphatic carboxylic acids is 1. The smallest absolute Gasteiger partial charge is 0.407 e. The average molecular weight is 451 g/mol. The number of fused-ring (bicyclic) bond motifs is 3. The lowest BCUT2D eigenvalue weighted by Crippen LogP contribution is -2.39. The standard InChI is InChI=1S/C24H25N3O6/c28-21(25-12-22(29)30)11-26-23(31)19-9-14(19)10-27-24(32)33-13-20-17-7-3-1-5-15(17)16-6-2-4-8-18(16)20/h1-8,14,19-20H,9-13H2,(H,25,28)(H,26,31)(H,27,32)(H,29,30)/t14-,19-/m0/s1. The minimum atomic E-state index is -1.16. The second kappa shape index (κ2) is 9.72. The Balaban J connectivity index is 1.19. The third-order valence-electron chi connectivity index (χ3n) is 5.97. The molecule has 0 saturated heterocycles. The number of carboxylic acids is 1. The van der Waals surface area contributed by atoms with E-state index in [1.807, 2.05) is 24.3 Å². The molecule has 33 heavy (non-hydrogen) atoms. The van der Waals surface area contributed by atoms with E-state index >= 15 is 0 Å². The Hall–Kier alpha value is -3.88. The van der Waals surface area contributed by atoms with E-state index in [0.29, 0.717) is 13.0 Å². The van der Waals surface area contributed by atoms with E-state index in [1.165, 1.54) is 0 Å². The fourth-order valence-corrected chi connectivity index (χ4v) is 4.19. The van der Waals surface area contributed by atoms with Crippen LogP contribution >= 0.6 is 0 Å². The first-order chi connectivity index (χ1) is 15.9. The largest absolute Gasteiger partial charge is 0.480 e. The maximum atomic E-state index is 12.2. The second-order valence-electron chi connectivity index (χ2n) is 8.20. The number of benzene rings is 2. The number of hydrogen-bond acceptors (Lipinski definition) is 5. The van der Waals surface area contributed by atoms with Gasteiger partial charge in [-0.3, -0.25) is 14.4 Å². The van der Waals surface area contributed by atoms with Crippen molar-refractivity contribution in [3.05, 3.63) is 59.7 Å². The van der Waals surface area contributed by atoms with Gasteiger partial charge in [-0.2, -0.15) is 0 Å². The van der Waals surface area contributed by atoms with Gasteiger partial charge in [0.2, 0.25) is 11.8 Å². The van der Waals surface area contributed by atoms with Gasteiger partial charge < -0.3 is 25.8 Å². The van der Waals surface area contributed by atoms with E-state index in [1.54, 1.807) is 0 Å². The number of alkyl carbamates (subject to hydrolysis) is 1. The van der Waals surface area contributed by atoms with Gasteiger partial charge >= 0.3 is 12.1 Å². The van der Waals surface area contributed by atoms with Crippen LogP contribution in [0.2, 0.25) is 0 Å². The van der Waals surface area contributed by atoms with Crippen molar-refractivity contribution >= 4 is 23.9 Å². The first kappa shape index (κ1) is 22.3. The van der Waals surface area contributed by atoms with Crippen LogP contribution < -0.4 is 16.0 Å². The Bertz CT molecular complexity index is 1040. The Morgan fingerprint density at radius 2 is 1.52 bits per heavy atom. The molecule has 1 saturated carbocycles. The molecule has 9 nitrogen and oxygen atoms in total. The fraction of sp³-hybridized carbons (Fsp3) is 0.333. The molecule has 0 spiro atoms. The molecule has 0 unspecified atom stereocenters. The Morgan fingerprint density at radius 3 is 2.15 bits per heavy atom. The van der Waals surface area contributed by atoms with E-state index < -0.39 is 24.5 Å². The maximum Gasteiger partial charge on any atom is 0.407 e. The van der Waals surface area contributed by atoms with E-state index in [9.17, 15) is 19.2 Å². The Labute approximate surface area is 190 Å². The van der Waals surface area contributed by atoms with E-state index in [0.717, 1.165) is 22.3 Å². The summed E-state index contributed by atoms with van der Waals surface area (Å²) in [5, 5.41) is 15.9. The van der Waals surface area contributed by atoms with Crippen LogP contribution in [0.15, 0.2) is 48.5 Å². The molecule has 4 N–H and O–H groups in total. The van der Waals surface area contributed by atoms with Gasteiger partial charge in [0.05, 0.1) is 6.54 Å². The van der Waals surface area contributed by atoms with Gasteiger partial charge in [-0.05, 0) is 34.6 Å². The minimum absolute atomic E-state index is 0.0186. The van der Waals surface area contributed by atoms with Crippen LogP contribution in [-0.4, -0.2) is 55.2 Å². The molecule has 2 aliphatic carbocycles. The second-order valence-corrected chi connectivity index (χ2v) is 8.20. The fourth-order valence-electron chi connectivity index (χ4n) is 4.19. The molecular weight excluding hydrogens is 426 g/mol. The highest BCUT2D eigenvalue weighted by Crippen LogP contribution is 2.44. The third-order valence-corrected chi connectivity index (χ3v) is 5.97. The predicted molar refractivity (Wildman–Crippen MR) is 118 cm³/mol. The molecule has 0 aliphatic heterocycles. The molecule has 0 heterocycles. The van der Waals surface area contributed by atoms with Crippen molar-refractivity contribution in [2.75, 3.05) is 26.2 Å². The predicted octanol–water partition coefficient (Wildman–Crippen LogP) is 1.48. The Kier molecular flexibility index (Phi) is 6.58. The third kappa shape index (κ3) is 5.31. The lowest BCUT2D eigenvalue weighted by atomic mass is 9.98. The number of rotatable bonds is 9. The molecule has 2 aliphatic rings. The molecule has 0 radical (unpaired) electrons. The van der Waals surface area contributed by atoms with Crippen molar-refractivity contribution in [3.63, 3.8) is 0 Å². The van der Waals surface area contributed by atoms with Crippen LogP contribution in [0, 0.1) is 11.8 Å². The van der Waals surface area contributed by atoms with Crippen LogP contribution in [0.3, 0.4) is 0 Å². The monoisotopic (exact) mass is 451 g/mol. The number of carbonyl (C=O) groups is 4. The zero-order chi connectivity index (χ0) is 23.4. The van der Waals surface area contributed by atoms with Gasteiger partial charge in [0, 0.05) is 18.4 Å². The van der Waals surface area contributed by atoms with Crippen molar-refractivity contribution in [1.82, 2.24) is 16.0 Å². The highest BCUT2D eigenvalue weighted by molar-refractivity contribution is 5.88. The van der Waals surface area contributed by atoms with Gasteiger partial charge in [0.25, 0.3) is 0 Å². The van der Waals surface area contributed by atoms with Gasteiger partial charge in [0.1, 0.15) is 13.2 Å². The summed E-state index contributed by atoms with van der Waals surface area (Å²) in [5.74, 6) is -2.34. The SMILES string of the molecule is O=C(O)CNC(=O)CNC(=O)[C@H]1C[C@H]1CNC(=O)OCC1c2ccccc2-c2ccccc21.